The molecule has 4 aromatic rings. The number of nitrogens with one attached hydrogen (secondary N) is 1. The Morgan fingerprint density at radius 2 is 1.73 bits per heavy atom. The summed E-state index contributed by atoms with van der Waals surface area (Å²) in [5.74, 6) is 0.705. The summed E-state index contributed by atoms with van der Waals surface area (Å²) in [7, 11) is 0. The van der Waals surface area contributed by atoms with E-state index in [1.807, 2.05) is 79.7 Å². The van der Waals surface area contributed by atoms with Gasteiger partial charge in [0.2, 0.25) is 0 Å². The first-order valence-electron chi connectivity index (χ1n) is 8.66. The third-order valence-electron chi connectivity index (χ3n) is 4.89. The second kappa shape index (κ2) is 5.56. The lowest BCUT2D eigenvalue weighted by Gasteiger charge is -2.31. The van der Waals surface area contributed by atoms with Gasteiger partial charge in [-0.3, -0.25) is 9.36 Å². The van der Waals surface area contributed by atoms with Crippen LogP contribution in [-0.2, 0) is 0 Å². The first-order valence-corrected chi connectivity index (χ1v) is 8.66. The highest BCUT2D eigenvalue weighted by Crippen LogP contribution is 2.36. The molecular formula is C22H17N3O. The van der Waals surface area contributed by atoms with Gasteiger partial charge in [-0.25, -0.2) is 4.98 Å². The Morgan fingerprint density at radius 3 is 2.58 bits per heavy atom. The Kier molecular flexibility index (Phi) is 3.19. The van der Waals surface area contributed by atoms with Gasteiger partial charge in [-0.1, -0.05) is 48.5 Å². The average Bonchev–Trinajstić information content (AvgIpc) is 2.68. The number of hydrogen-bond donors (Lipinski definition) is 1. The van der Waals surface area contributed by atoms with Crippen LogP contribution in [0.15, 0.2) is 77.6 Å². The molecule has 0 saturated heterocycles. The molecule has 5 rings (SSSR count). The van der Waals surface area contributed by atoms with Gasteiger partial charge in [-0.2, -0.15) is 0 Å². The molecule has 3 aromatic carbocycles. The minimum atomic E-state index is -0.285. The molecule has 126 valence electrons. The predicted octanol–water partition coefficient (Wildman–Crippen LogP) is 4.34. The number of aryl methyl sites for hydroxylation is 1. The second-order valence-electron chi connectivity index (χ2n) is 6.63. The van der Waals surface area contributed by atoms with E-state index in [0.717, 1.165) is 27.9 Å². The second-order valence-corrected chi connectivity index (χ2v) is 6.63. The molecule has 1 unspecified atom stereocenters. The predicted molar refractivity (Wildman–Crippen MR) is 104 cm³/mol. The van der Waals surface area contributed by atoms with Crippen LogP contribution in [0.2, 0.25) is 0 Å². The molecule has 1 N–H and O–H groups in total. The molecule has 0 amide bonds. The summed E-state index contributed by atoms with van der Waals surface area (Å²) >= 11 is 0. The van der Waals surface area contributed by atoms with E-state index in [1.165, 1.54) is 0 Å². The van der Waals surface area contributed by atoms with Crippen LogP contribution >= 0.6 is 0 Å². The Morgan fingerprint density at radius 1 is 0.962 bits per heavy atom. The third kappa shape index (κ3) is 2.15. The van der Waals surface area contributed by atoms with Crippen molar-refractivity contribution >= 4 is 16.6 Å². The van der Waals surface area contributed by atoms with Crippen LogP contribution in [0.25, 0.3) is 22.3 Å². The van der Waals surface area contributed by atoms with Crippen molar-refractivity contribution < 1.29 is 0 Å². The van der Waals surface area contributed by atoms with E-state index in [-0.39, 0.29) is 11.7 Å². The van der Waals surface area contributed by atoms with E-state index in [2.05, 4.69) is 5.32 Å². The van der Waals surface area contributed by atoms with Crippen LogP contribution < -0.4 is 10.9 Å². The van der Waals surface area contributed by atoms with Crippen LogP contribution in [-0.4, -0.2) is 9.55 Å². The Labute approximate surface area is 150 Å². The van der Waals surface area contributed by atoms with Gasteiger partial charge in [0.05, 0.1) is 10.9 Å². The SMILES string of the molecule is Cc1ccc2c(=O)n3c(nc2c1)-c1ccccc1NC3c1ccccc1. The molecule has 0 aliphatic carbocycles. The highest BCUT2D eigenvalue weighted by molar-refractivity contribution is 5.84. The summed E-state index contributed by atoms with van der Waals surface area (Å²) < 4.78 is 1.77. The zero-order valence-corrected chi connectivity index (χ0v) is 14.3. The first kappa shape index (κ1) is 14.9. The van der Waals surface area contributed by atoms with Crippen LogP contribution in [0.3, 0.4) is 0 Å². The van der Waals surface area contributed by atoms with Gasteiger partial charge in [0.1, 0.15) is 12.0 Å². The lowest BCUT2D eigenvalue weighted by Crippen LogP contribution is -2.35. The number of rotatable bonds is 1. The van der Waals surface area contributed by atoms with Crippen molar-refractivity contribution in [3.8, 4) is 11.4 Å². The molecule has 0 bridgehead atoms. The molecule has 1 aromatic heterocycles. The maximum atomic E-state index is 13.4. The van der Waals surface area contributed by atoms with E-state index >= 15 is 0 Å². The van der Waals surface area contributed by atoms with E-state index in [0.29, 0.717) is 11.2 Å². The molecule has 1 atom stereocenters. The van der Waals surface area contributed by atoms with E-state index in [1.54, 1.807) is 4.57 Å². The zero-order chi connectivity index (χ0) is 17.7. The van der Waals surface area contributed by atoms with Crippen molar-refractivity contribution in [2.75, 3.05) is 5.32 Å². The lowest BCUT2D eigenvalue weighted by molar-refractivity contribution is 0.620. The molecular weight excluding hydrogens is 322 g/mol. The smallest absolute Gasteiger partial charge is 0.263 e. The fourth-order valence-electron chi connectivity index (χ4n) is 3.62. The van der Waals surface area contributed by atoms with E-state index in [4.69, 9.17) is 4.98 Å². The highest BCUT2D eigenvalue weighted by Gasteiger charge is 2.27. The Hall–Kier alpha value is -3.40. The molecule has 0 radical (unpaired) electrons. The summed E-state index contributed by atoms with van der Waals surface area (Å²) in [6.07, 6.45) is -0.285. The third-order valence-corrected chi connectivity index (χ3v) is 4.89. The lowest BCUT2D eigenvalue weighted by atomic mass is 10.0. The Balaban J connectivity index is 1.89. The van der Waals surface area contributed by atoms with Gasteiger partial charge in [-0.05, 0) is 42.3 Å². The molecule has 26 heavy (non-hydrogen) atoms. The quantitative estimate of drug-likeness (QED) is 0.561. The molecule has 4 nitrogen and oxygen atoms in total. The standard InChI is InChI=1S/C22H17N3O/c1-14-11-12-17-19(13-14)24-21-16-9-5-6-10-18(16)23-20(25(21)22(17)26)15-7-3-2-4-8-15/h2-13,20,23H,1H3. The number of aromatic nitrogens is 2. The topological polar surface area (TPSA) is 46.9 Å². The van der Waals surface area contributed by atoms with Crippen LogP contribution in [0.4, 0.5) is 5.69 Å². The van der Waals surface area contributed by atoms with Gasteiger partial charge in [0.25, 0.3) is 5.56 Å². The van der Waals surface area contributed by atoms with Crippen LogP contribution in [0, 0.1) is 6.92 Å². The maximum absolute atomic E-state index is 13.4. The van der Waals surface area contributed by atoms with Crippen LogP contribution in [0.5, 0.6) is 0 Å². The number of hydrogen-bond acceptors (Lipinski definition) is 3. The van der Waals surface area contributed by atoms with Crippen molar-refractivity contribution in [3.63, 3.8) is 0 Å². The summed E-state index contributed by atoms with van der Waals surface area (Å²) in [6.45, 7) is 2.01. The zero-order valence-electron chi connectivity index (χ0n) is 14.3. The highest BCUT2D eigenvalue weighted by atomic mass is 16.1. The summed E-state index contributed by atoms with van der Waals surface area (Å²) in [6, 6.07) is 23.8. The molecule has 4 heteroatoms. The fourth-order valence-corrected chi connectivity index (χ4v) is 3.62. The van der Waals surface area contributed by atoms with Crippen molar-refractivity contribution in [2.24, 2.45) is 0 Å². The summed E-state index contributed by atoms with van der Waals surface area (Å²) in [5, 5.41) is 4.15. The normalized spacial score (nSPS) is 15.2. The monoisotopic (exact) mass is 339 g/mol. The van der Waals surface area contributed by atoms with Gasteiger partial charge in [-0.15, -0.1) is 0 Å². The molecule has 1 aliphatic heterocycles. The average molecular weight is 339 g/mol. The number of anilines is 1. The minimum Gasteiger partial charge on any atom is -0.360 e. The number of nitrogens with zero attached hydrogens (tertiary/aromatic N) is 2. The Bertz CT molecular complexity index is 1200. The van der Waals surface area contributed by atoms with E-state index < -0.39 is 0 Å². The number of para-hydroxylation sites is 1. The number of benzene rings is 3. The van der Waals surface area contributed by atoms with Gasteiger partial charge < -0.3 is 5.32 Å². The fraction of sp³-hybridized carbons (Fsp3) is 0.0909. The molecule has 1 aliphatic rings. The van der Waals surface area contributed by atoms with Crippen molar-refractivity contribution in [1.82, 2.24) is 9.55 Å². The van der Waals surface area contributed by atoms with Gasteiger partial charge in [0, 0.05) is 11.3 Å². The number of fused-ring (bicyclic) bond motifs is 4. The van der Waals surface area contributed by atoms with E-state index in [9.17, 15) is 4.79 Å². The molecule has 0 spiro atoms. The van der Waals surface area contributed by atoms with Crippen LogP contribution in [0.1, 0.15) is 17.3 Å². The van der Waals surface area contributed by atoms with Crippen molar-refractivity contribution in [1.29, 1.82) is 0 Å². The van der Waals surface area contributed by atoms with Gasteiger partial charge >= 0.3 is 0 Å². The first-order chi connectivity index (χ1) is 12.7. The van der Waals surface area contributed by atoms with Crippen molar-refractivity contribution in [2.45, 2.75) is 13.1 Å². The van der Waals surface area contributed by atoms with Gasteiger partial charge in [0.15, 0.2) is 0 Å². The molecule has 0 fully saturated rings. The summed E-state index contributed by atoms with van der Waals surface area (Å²) in [5.41, 5.74) is 4.76. The molecule has 0 saturated carbocycles. The molecule has 2 heterocycles. The largest absolute Gasteiger partial charge is 0.360 e. The minimum absolute atomic E-state index is 0.0270. The maximum Gasteiger partial charge on any atom is 0.263 e. The van der Waals surface area contributed by atoms with Crippen molar-refractivity contribution in [3.05, 3.63) is 94.3 Å². The summed E-state index contributed by atoms with van der Waals surface area (Å²) in [4.78, 5) is 18.2.